The van der Waals surface area contributed by atoms with Crippen molar-refractivity contribution in [1.29, 1.82) is 0 Å². The zero-order valence-electron chi connectivity index (χ0n) is 12.5. The number of rotatable bonds is 4. The summed E-state index contributed by atoms with van der Waals surface area (Å²) in [6, 6.07) is 7.79. The molecule has 5 nitrogen and oxygen atoms in total. The van der Waals surface area contributed by atoms with Gasteiger partial charge < -0.3 is 20.1 Å². The van der Waals surface area contributed by atoms with Gasteiger partial charge in [0.25, 0.3) is 0 Å². The number of nitrogens with one attached hydrogen (secondary N) is 2. The van der Waals surface area contributed by atoms with Crippen molar-refractivity contribution in [2.24, 2.45) is 0 Å². The van der Waals surface area contributed by atoms with Crippen molar-refractivity contribution in [3.8, 4) is 0 Å². The fraction of sp³-hybridized carbons (Fsp3) is 0.533. The topological polar surface area (TPSA) is 59.6 Å². The van der Waals surface area contributed by atoms with Crippen LogP contribution in [0.15, 0.2) is 24.3 Å². The molecule has 2 aliphatic rings. The summed E-state index contributed by atoms with van der Waals surface area (Å²) >= 11 is 3.90. The van der Waals surface area contributed by atoms with E-state index in [2.05, 4.69) is 16.7 Å². The third kappa shape index (κ3) is 4.10. The highest BCUT2D eigenvalue weighted by Crippen LogP contribution is 2.45. The van der Waals surface area contributed by atoms with E-state index in [1.165, 1.54) is 17.1 Å². The van der Waals surface area contributed by atoms with Gasteiger partial charge in [-0.15, -0.1) is 23.5 Å². The Labute approximate surface area is 138 Å². The molecule has 0 atom stereocenters. The van der Waals surface area contributed by atoms with Crippen LogP contribution in [0.4, 0.5) is 10.5 Å². The summed E-state index contributed by atoms with van der Waals surface area (Å²) in [7, 11) is 0. The van der Waals surface area contributed by atoms with Crippen molar-refractivity contribution in [2.75, 3.05) is 36.6 Å². The van der Waals surface area contributed by atoms with Gasteiger partial charge in [-0.1, -0.05) is 12.1 Å². The molecule has 0 radical (unpaired) electrons. The summed E-state index contributed by atoms with van der Waals surface area (Å²) in [5.74, 6) is 1.66. The molecular formula is C15H20N2O3S2. The van der Waals surface area contributed by atoms with Crippen molar-refractivity contribution >= 4 is 35.2 Å². The lowest BCUT2D eigenvalue weighted by atomic mass is 10.2. The van der Waals surface area contributed by atoms with Crippen LogP contribution in [-0.2, 0) is 9.47 Å². The number of carbonyl (C=O) groups is 1. The van der Waals surface area contributed by atoms with Crippen LogP contribution in [0.5, 0.6) is 0 Å². The molecule has 2 fully saturated rings. The van der Waals surface area contributed by atoms with Crippen LogP contribution >= 0.6 is 23.5 Å². The minimum atomic E-state index is -0.712. The third-order valence-electron chi connectivity index (χ3n) is 3.51. The third-order valence-corrected chi connectivity index (χ3v) is 6.61. The Morgan fingerprint density at radius 2 is 2.05 bits per heavy atom. The van der Waals surface area contributed by atoms with Gasteiger partial charge in [0.2, 0.25) is 0 Å². The van der Waals surface area contributed by atoms with E-state index in [-0.39, 0.29) is 6.03 Å². The Kier molecular flexibility index (Phi) is 5.18. The molecule has 1 aromatic carbocycles. The predicted octanol–water partition coefficient (Wildman–Crippen LogP) is 3.05. The van der Waals surface area contributed by atoms with Crippen molar-refractivity contribution in [1.82, 2.24) is 5.32 Å². The maximum absolute atomic E-state index is 12.0. The van der Waals surface area contributed by atoms with Gasteiger partial charge in [-0.3, -0.25) is 0 Å². The molecule has 3 rings (SSSR count). The standard InChI is InChI=1S/C15H20N2O3S2/c1-15(19-5-6-20-15)10-16-14(18)17-12-4-2-3-11(9-12)13-21-7-8-22-13/h2-4,9,13H,5-8,10H2,1H3,(H2,16,17,18). The van der Waals surface area contributed by atoms with Crippen molar-refractivity contribution in [3.05, 3.63) is 29.8 Å². The van der Waals surface area contributed by atoms with Gasteiger partial charge in [-0.25, -0.2) is 4.79 Å². The quantitative estimate of drug-likeness (QED) is 0.882. The lowest BCUT2D eigenvalue weighted by molar-refractivity contribution is -0.136. The molecule has 22 heavy (non-hydrogen) atoms. The molecule has 2 aliphatic heterocycles. The van der Waals surface area contributed by atoms with E-state index in [1.807, 2.05) is 48.6 Å². The highest BCUT2D eigenvalue weighted by molar-refractivity contribution is 8.19. The monoisotopic (exact) mass is 340 g/mol. The predicted molar refractivity (Wildman–Crippen MR) is 91.4 cm³/mol. The molecular weight excluding hydrogens is 320 g/mol. The Morgan fingerprint density at radius 1 is 1.32 bits per heavy atom. The first-order chi connectivity index (χ1) is 10.6. The van der Waals surface area contributed by atoms with E-state index in [9.17, 15) is 4.79 Å². The molecule has 0 saturated carbocycles. The zero-order valence-corrected chi connectivity index (χ0v) is 14.1. The maximum atomic E-state index is 12.0. The average Bonchev–Trinajstić information content (AvgIpc) is 3.18. The number of ether oxygens (including phenoxy) is 2. The molecule has 2 heterocycles. The Morgan fingerprint density at radius 3 is 2.77 bits per heavy atom. The second-order valence-electron chi connectivity index (χ2n) is 5.34. The van der Waals surface area contributed by atoms with Crippen molar-refractivity contribution in [3.63, 3.8) is 0 Å². The minimum absolute atomic E-state index is 0.246. The van der Waals surface area contributed by atoms with Crippen LogP contribution in [0.2, 0.25) is 0 Å². The van der Waals surface area contributed by atoms with E-state index in [4.69, 9.17) is 9.47 Å². The summed E-state index contributed by atoms with van der Waals surface area (Å²) in [6.45, 7) is 3.29. The number of urea groups is 1. The molecule has 0 bridgehead atoms. The second-order valence-corrected chi connectivity index (χ2v) is 8.06. The van der Waals surface area contributed by atoms with Crippen LogP contribution < -0.4 is 10.6 Å². The van der Waals surface area contributed by atoms with E-state index >= 15 is 0 Å². The molecule has 0 aliphatic carbocycles. The summed E-state index contributed by atoms with van der Waals surface area (Å²) in [6.07, 6.45) is 0. The van der Waals surface area contributed by atoms with Crippen LogP contribution in [0.3, 0.4) is 0 Å². The first kappa shape index (κ1) is 16.0. The summed E-state index contributed by atoms with van der Waals surface area (Å²) in [5, 5.41) is 5.66. The lowest BCUT2D eigenvalue weighted by Gasteiger charge is -2.22. The van der Waals surface area contributed by atoms with Gasteiger partial charge in [0.05, 0.1) is 24.3 Å². The van der Waals surface area contributed by atoms with E-state index in [0.717, 1.165) is 5.69 Å². The van der Waals surface area contributed by atoms with Gasteiger partial charge >= 0.3 is 6.03 Å². The molecule has 120 valence electrons. The van der Waals surface area contributed by atoms with Crippen LogP contribution in [0.1, 0.15) is 17.1 Å². The fourth-order valence-electron chi connectivity index (χ4n) is 2.39. The van der Waals surface area contributed by atoms with E-state index < -0.39 is 5.79 Å². The molecule has 1 aromatic rings. The summed E-state index contributed by atoms with van der Waals surface area (Å²) in [4.78, 5) is 12.0. The molecule has 2 N–H and O–H groups in total. The van der Waals surface area contributed by atoms with Crippen molar-refractivity contribution in [2.45, 2.75) is 17.3 Å². The van der Waals surface area contributed by atoms with E-state index in [0.29, 0.717) is 24.3 Å². The average molecular weight is 340 g/mol. The number of hydrogen-bond acceptors (Lipinski definition) is 5. The molecule has 2 amide bonds. The smallest absolute Gasteiger partial charge is 0.319 e. The SMILES string of the molecule is CC1(CNC(=O)Nc2cccc(C3SCCS3)c2)OCCO1. The van der Waals surface area contributed by atoms with Gasteiger partial charge in [0, 0.05) is 17.2 Å². The second kappa shape index (κ2) is 7.12. The lowest BCUT2D eigenvalue weighted by Crippen LogP contribution is -2.43. The van der Waals surface area contributed by atoms with Crippen LogP contribution in [0.25, 0.3) is 0 Å². The normalized spacial score (nSPS) is 21.0. The number of anilines is 1. The van der Waals surface area contributed by atoms with Gasteiger partial charge in [-0.2, -0.15) is 0 Å². The highest BCUT2D eigenvalue weighted by Gasteiger charge is 2.31. The summed E-state index contributed by atoms with van der Waals surface area (Å²) < 4.78 is 11.4. The Balaban J connectivity index is 1.53. The van der Waals surface area contributed by atoms with Crippen molar-refractivity contribution < 1.29 is 14.3 Å². The van der Waals surface area contributed by atoms with Gasteiger partial charge in [-0.05, 0) is 24.6 Å². The molecule has 0 aromatic heterocycles. The zero-order chi connectivity index (χ0) is 15.4. The molecule has 7 heteroatoms. The summed E-state index contributed by atoms with van der Waals surface area (Å²) in [5.41, 5.74) is 2.06. The number of thioether (sulfide) groups is 2. The van der Waals surface area contributed by atoms with Gasteiger partial charge in [0.15, 0.2) is 5.79 Å². The molecule has 0 unspecified atom stereocenters. The number of hydrogen-bond donors (Lipinski definition) is 2. The largest absolute Gasteiger partial charge is 0.346 e. The maximum Gasteiger partial charge on any atom is 0.319 e. The van der Waals surface area contributed by atoms with E-state index in [1.54, 1.807) is 0 Å². The first-order valence-corrected chi connectivity index (χ1v) is 9.40. The Hall–Kier alpha value is -0.890. The fourth-order valence-corrected chi connectivity index (χ4v) is 5.23. The van der Waals surface area contributed by atoms with Gasteiger partial charge in [0.1, 0.15) is 0 Å². The number of carbonyl (C=O) groups excluding carboxylic acids is 1. The van der Waals surface area contributed by atoms with Crippen LogP contribution in [0, 0.1) is 0 Å². The molecule has 0 spiro atoms. The van der Waals surface area contributed by atoms with Crippen LogP contribution in [-0.4, -0.2) is 43.1 Å². The number of amides is 2. The minimum Gasteiger partial charge on any atom is -0.346 e. The molecule has 2 saturated heterocycles. The highest BCUT2D eigenvalue weighted by atomic mass is 32.2. The number of benzene rings is 1. The Bertz CT molecular complexity index is 529. The first-order valence-electron chi connectivity index (χ1n) is 7.31.